The molecule has 6 fully saturated rings. The molecule has 6 rings (SSSR count). The fraction of sp³-hybridized carbons (Fsp3) is 0.967. The first kappa shape index (κ1) is 25.6. The summed E-state index contributed by atoms with van der Waals surface area (Å²) >= 11 is 0. The molecule has 4 saturated carbocycles. The number of hydrogen-bond donors (Lipinski definition) is 0. The van der Waals surface area contributed by atoms with Crippen molar-refractivity contribution in [1.82, 2.24) is 0 Å². The summed E-state index contributed by atoms with van der Waals surface area (Å²) in [6.07, 6.45) is 14.8. The van der Waals surface area contributed by atoms with E-state index in [0.29, 0.717) is 35.7 Å². The lowest BCUT2D eigenvalue weighted by Crippen LogP contribution is -2.67. The lowest BCUT2D eigenvalue weighted by Gasteiger charge is -2.67. The van der Waals surface area contributed by atoms with Crippen molar-refractivity contribution in [3.8, 4) is 0 Å². The van der Waals surface area contributed by atoms with Crippen molar-refractivity contribution < 1.29 is 28.5 Å². The summed E-state index contributed by atoms with van der Waals surface area (Å²) in [5, 5.41) is 0. The largest absolute Gasteiger partial charge is 0.469 e. The minimum Gasteiger partial charge on any atom is -0.469 e. The quantitative estimate of drug-likeness (QED) is 0.345. The van der Waals surface area contributed by atoms with Gasteiger partial charge in [-0.25, -0.2) is 0 Å². The highest BCUT2D eigenvalue weighted by Gasteiger charge is 2.72. The molecule has 204 valence electrons. The van der Waals surface area contributed by atoms with E-state index in [1.807, 2.05) is 0 Å². The smallest absolute Gasteiger partial charge is 0.305 e. The molecule has 0 aromatic heterocycles. The van der Waals surface area contributed by atoms with E-state index in [4.69, 9.17) is 23.7 Å². The molecule has 36 heavy (non-hydrogen) atoms. The van der Waals surface area contributed by atoms with E-state index in [9.17, 15) is 4.79 Å². The van der Waals surface area contributed by atoms with Crippen molar-refractivity contribution in [2.24, 2.45) is 40.4 Å². The Balaban J connectivity index is 1.21. The first-order valence-corrected chi connectivity index (χ1v) is 14.9. The molecule has 0 radical (unpaired) electrons. The van der Waals surface area contributed by atoms with Crippen molar-refractivity contribution >= 4 is 5.97 Å². The molecule has 2 aliphatic heterocycles. The van der Waals surface area contributed by atoms with Gasteiger partial charge >= 0.3 is 5.97 Å². The Kier molecular flexibility index (Phi) is 6.75. The molecular weight excluding hydrogens is 456 g/mol. The zero-order chi connectivity index (χ0) is 25.1. The van der Waals surface area contributed by atoms with Crippen LogP contribution in [0.4, 0.5) is 0 Å². The maximum absolute atomic E-state index is 12.3. The molecule has 0 spiro atoms. The van der Waals surface area contributed by atoms with Crippen LogP contribution in [0.5, 0.6) is 0 Å². The third-order valence-electron chi connectivity index (χ3n) is 12.4. The Morgan fingerprint density at radius 1 is 0.917 bits per heavy atom. The van der Waals surface area contributed by atoms with Gasteiger partial charge in [0.2, 0.25) is 0 Å². The van der Waals surface area contributed by atoms with Crippen molar-refractivity contribution in [3.05, 3.63) is 0 Å². The monoisotopic (exact) mass is 504 g/mol. The van der Waals surface area contributed by atoms with Gasteiger partial charge in [0.1, 0.15) is 0 Å². The molecule has 6 heteroatoms. The standard InChI is InChI=1S/C30H48O6/c1-28-13-10-20(35-26-7-5-6-16-34-26)17-19(28)8-9-24-23(28)11-14-29(2)22-12-15-30(24,29)36-27(33-4)21(22)18-25(31)32-3/h19-24,26-27H,5-18H2,1-4H3/t19-,20-,21-,22+,23-,24+,26+,27+,28-,29+,30+/m0/s1. The predicted octanol–water partition coefficient (Wildman–Crippen LogP) is 5.86. The first-order valence-electron chi connectivity index (χ1n) is 14.9. The molecule has 0 amide bonds. The summed E-state index contributed by atoms with van der Waals surface area (Å²) in [6, 6.07) is 0. The molecule has 11 atom stereocenters. The van der Waals surface area contributed by atoms with E-state index in [0.717, 1.165) is 38.2 Å². The molecule has 4 aliphatic carbocycles. The molecule has 2 heterocycles. The van der Waals surface area contributed by atoms with Crippen molar-refractivity contribution in [2.75, 3.05) is 20.8 Å². The highest BCUT2D eigenvalue weighted by molar-refractivity contribution is 5.69. The van der Waals surface area contributed by atoms with Crippen LogP contribution in [-0.2, 0) is 28.5 Å². The molecule has 0 unspecified atom stereocenters. The van der Waals surface area contributed by atoms with Crippen molar-refractivity contribution in [2.45, 2.75) is 122 Å². The maximum atomic E-state index is 12.3. The summed E-state index contributed by atoms with van der Waals surface area (Å²) in [4.78, 5) is 12.3. The highest BCUT2D eigenvalue weighted by Crippen LogP contribution is 2.73. The van der Waals surface area contributed by atoms with Gasteiger partial charge in [0.15, 0.2) is 12.6 Å². The Labute approximate surface area is 217 Å². The lowest BCUT2D eigenvalue weighted by molar-refractivity contribution is -0.338. The number of rotatable bonds is 5. The van der Waals surface area contributed by atoms with E-state index in [2.05, 4.69) is 13.8 Å². The van der Waals surface area contributed by atoms with Crippen LogP contribution in [-0.4, -0.2) is 51.1 Å². The molecule has 0 aromatic rings. The number of fused-ring (bicyclic) bond motifs is 3. The SMILES string of the molecule is COC(=O)C[C@@H]1[C@H](OC)O[C@@]23CC[C@H]1[C@@]2(C)CC[C@H]1[C@H]3CC[C@H]2C[C@@H](O[C@@H]3CCCCO3)CC[C@@]21C. The first-order chi connectivity index (χ1) is 17.3. The molecule has 0 N–H and O–H groups in total. The Morgan fingerprint density at radius 2 is 1.75 bits per heavy atom. The Bertz CT molecular complexity index is 826. The van der Waals surface area contributed by atoms with E-state index < -0.39 is 0 Å². The topological polar surface area (TPSA) is 63.2 Å². The molecular formula is C30H48O6. The van der Waals surface area contributed by atoms with Gasteiger partial charge in [-0.2, -0.15) is 0 Å². The van der Waals surface area contributed by atoms with Crippen LogP contribution in [0.25, 0.3) is 0 Å². The van der Waals surface area contributed by atoms with Gasteiger partial charge < -0.3 is 23.7 Å². The zero-order valence-corrected chi connectivity index (χ0v) is 23.0. The van der Waals surface area contributed by atoms with Crippen LogP contribution in [0.15, 0.2) is 0 Å². The average Bonchev–Trinajstić information content (AvgIpc) is 3.08. The number of esters is 1. The van der Waals surface area contributed by atoms with E-state index >= 15 is 0 Å². The van der Waals surface area contributed by atoms with Gasteiger partial charge in [-0.15, -0.1) is 0 Å². The van der Waals surface area contributed by atoms with Crippen LogP contribution in [0, 0.1) is 40.4 Å². The summed E-state index contributed by atoms with van der Waals surface area (Å²) in [7, 11) is 3.24. The van der Waals surface area contributed by atoms with E-state index in [1.165, 1.54) is 58.5 Å². The minimum absolute atomic E-state index is 0.0219. The van der Waals surface area contributed by atoms with Gasteiger partial charge in [0.25, 0.3) is 0 Å². The second kappa shape index (κ2) is 9.50. The number of ether oxygens (including phenoxy) is 5. The van der Waals surface area contributed by atoms with Gasteiger partial charge in [0.05, 0.1) is 25.2 Å². The van der Waals surface area contributed by atoms with Crippen molar-refractivity contribution in [1.29, 1.82) is 0 Å². The van der Waals surface area contributed by atoms with Gasteiger partial charge in [-0.3, -0.25) is 4.79 Å². The van der Waals surface area contributed by atoms with E-state index in [1.54, 1.807) is 7.11 Å². The maximum Gasteiger partial charge on any atom is 0.305 e. The fourth-order valence-electron chi connectivity index (χ4n) is 10.5. The third-order valence-corrected chi connectivity index (χ3v) is 12.4. The van der Waals surface area contributed by atoms with Crippen LogP contribution >= 0.6 is 0 Å². The Morgan fingerprint density at radius 3 is 2.50 bits per heavy atom. The normalized spacial score (nSPS) is 52.1. The summed E-state index contributed by atoms with van der Waals surface area (Å²) < 4.78 is 30.6. The molecule has 6 nitrogen and oxygen atoms in total. The lowest BCUT2D eigenvalue weighted by atomic mass is 9.42. The molecule has 2 bridgehead atoms. The summed E-state index contributed by atoms with van der Waals surface area (Å²) in [5.74, 6) is 2.41. The van der Waals surface area contributed by atoms with Crippen LogP contribution in [0.2, 0.25) is 0 Å². The van der Waals surface area contributed by atoms with Gasteiger partial charge in [-0.05, 0) is 106 Å². The fourth-order valence-corrected chi connectivity index (χ4v) is 10.5. The highest BCUT2D eigenvalue weighted by atomic mass is 16.7. The average molecular weight is 505 g/mol. The van der Waals surface area contributed by atoms with E-state index in [-0.39, 0.29) is 35.5 Å². The molecule has 6 aliphatic rings. The zero-order valence-electron chi connectivity index (χ0n) is 23.0. The number of carbonyl (C=O) groups is 1. The van der Waals surface area contributed by atoms with Crippen molar-refractivity contribution in [3.63, 3.8) is 0 Å². The number of hydrogen-bond acceptors (Lipinski definition) is 6. The van der Waals surface area contributed by atoms with Crippen LogP contribution in [0.1, 0.15) is 97.3 Å². The van der Waals surface area contributed by atoms with Crippen LogP contribution < -0.4 is 0 Å². The van der Waals surface area contributed by atoms with Gasteiger partial charge in [-0.1, -0.05) is 13.8 Å². The summed E-state index contributed by atoms with van der Waals surface area (Å²) in [6.45, 7) is 5.94. The number of methoxy groups -OCH3 is 2. The molecule has 2 saturated heterocycles. The van der Waals surface area contributed by atoms with Crippen LogP contribution in [0.3, 0.4) is 0 Å². The van der Waals surface area contributed by atoms with Gasteiger partial charge in [0, 0.05) is 25.0 Å². The Hall–Kier alpha value is -0.690. The third kappa shape index (κ3) is 3.75. The second-order valence-corrected chi connectivity index (χ2v) is 13.5. The summed E-state index contributed by atoms with van der Waals surface area (Å²) in [5.41, 5.74) is 0.355. The predicted molar refractivity (Wildman–Crippen MR) is 135 cm³/mol. The molecule has 0 aromatic carbocycles. The minimum atomic E-state index is -0.311. The second-order valence-electron chi connectivity index (χ2n) is 13.5. The number of carbonyl (C=O) groups excluding carboxylic acids is 1.